The molecule has 0 spiro atoms. The predicted molar refractivity (Wildman–Crippen MR) is 139 cm³/mol. The summed E-state index contributed by atoms with van der Waals surface area (Å²) in [6.07, 6.45) is 5.76. The molecule has 1 saturated carbocycles. The van der Waals surface area contributed by atoms with Crippen molar-refractivity contribution in [1.82, 2.24) is 25.2 Å². The number of aryl methyl sites for hydroxylation is 1. The molecule has 0 bridgehead atoms. The zero-order valence-electron chi connectivity index (χ0n) is 21.4. The number of hydrogen-bond acceptors (Lipinski definition) is 5. The molecule has 4 rings (SSSR count). The Morgan fingerprint density at radius 2 is 1.86 bits per heavy atom. The van der Waals surface area contributed by atoms with Crippen molar-refractivity contribution >= 4 is 22.8 Å². The van der Waals surface area contributed by atoms with Crippen LogP contribution in [0, 0.1) is 0 Å². The summed E-state index contributed by atoms with van der Waals surface area (Å²) in [6, 6.07) is 15.0. The first-order valence-corrected chi connectivity index (χ1v) is 13.1. The van der Waals surface area contributed by atoms with Gasteiger partial charge < -0.3 is 15.0 Å². The SMILES string of the molecule is CCOCCCN(C(=O)Cn1nnc2ccccc21)[C@@H](C(=O)NC1CCCC1)c1ccc(CC)cc1. The highest BCUT2D eigenvalue weighted by Crippen LogP contribution is 2.26. The molecular formula is C28H37N5O3. The van der Waals surface area contributed by atoms with Gasteiger partial charge in [-0.15, -0.1) is 5.10 Å². The van der Waals surface area contributed by atoms with Gasteiger partial charge >= 0.3 is 0 Å². The van der Waals surface area contributed by atoms with Crippen molar-refractivity contribution in [3.8, 4) is 0 Å². The van der Waals surface area contributed by atoms with Crippen molar-refractivity contribution in [3.05, 3.63) is 59.7 Å². The Bertz CT molecular complexity index is 1140. The van der Waals surface area contributed by atoms with Crippen LogP contribution >= 0.6 is 0 Å². The van der Waals surface area contributed by atoms with Crippen molar-refractivity contribution in [3.63, 3.8) is 0 Å². The molecule has 1 aliphatic rings. The highest BCUT2D eigenvalue weighted by Gasteiger charge is 2.33. The van der Waals surface area contributed by atoms with E-state index in [-0.39, 0.29) is 24.4 Å². The van der Waals surface area contributed by atoms with E-state index in [1.54, 1.807) is 9.58 Å². The predicted octanol–water partition coefficient (Wildman–Crippen LogP) is 4.05. The third-order valence-electron chi connectivity index (χ3n) is 6.88. The first kappa shape index (κ1) is 25.8. The van der Waals surface area contributed by atoms with Gasteiger partial charge in [0, 0.05) is 25.8 Å². The summed E-state index contributed by atoms with van der Waals surface area (Å²) >= 11 is 0. The van der Waals surface area contributed by atoms with Gasteiger partial charge in [0.2, 0.25) is 11.8 Å². The van der Waals surface area contributed by atoms with Gasteiger partial charge in [0.15, 0.2) is 0 Å². The van der Waals surface area contributed by atoms with E-state index in [1.165, 1.54) is 5.56 Å². The van der Waals surface area contributed by atoms with Crippen LogP contribution in [0.25, 0.3) is 11.0 Å². The Labute approximate surface area is 213 Å². The van der Waals surface area contributed by atoms with Crippen LogP contribution < -0.4 is 5.32 Å². The van der Waals surface area contributed by atoms with Gasteiger partial charge in [0.05, 0.1) is 5.52 Å². The smallest absolute Gasteiger partial charge is 0.247 e. The third-order valence-corrected chi connectivity index (χ3v) is 6.88. The second-order valence-electron chi connectivity index (χ2n) is 9.36. The number of benzene rings is 2. The van der Waals surface area contributed by atoms with E-state index in [2.05, 4.69) is 22.6 Å². The fraction of sp³-hybridized carbons (Fsp3) is 0.500. The number of nitrogens with zero attached hydrogens (tertiary/aromatic N) is 4. The van der Waals surface area contributed by atoms with Gasteiger partial charge in [-0.2, -0.15) is 0 Å². The Morgan fingerprint density at radius 1 is 1.11 bits per heavy atom. The largest absolute Gasteiger partial charge is 0.382 e. The molecule has 192 valence electrons. The van der Waals surface area contributed by atoms with Crippen molar-refractivity contribution in [2.75, 3.05) is 19.8 Å². The molecule has 1 aromatic heterocycles. The molecule has 0 unspecified atom stereocenters. The maximum absolute atomic E-state index is 13.8. The molecule has 8 nitrogen and oxygen atoms in total. The van der Waals surface area contributed by atoms with Crippen LogP contribution in [0.1, 0.15) is 63.1 Å². The van der Waals surface area contributed by atoms with E-state index in [4.69, 9.17) is 4.74 Å². The molecule has 0 radical (unpaired) electrons. The van der Waals surface area contributed by atoms with E-state index in [0.29, 0.717) is 26.2 Å². The number of rotatable bonds is 12. The van der Waals surface area contributed by atoms with Crippen LogP contribution in [-0.4, -0.2) is 57.5 Å². The quantitative estimate of drug-likeness (QED) is 0.386. The van der Waals surface area contributed by atoms with Crippen molar-refractivity contribution in [2.45, 2.75) is 71.0 Å². The topological polar surface area (TPSA) is 89.3 Å². The lowest BCUT2D eigenvalue weighted by molar-refractivity contribution is -0.142. The Hall–Kier alpha value is -3.26. The fourth-order valence-electron chi connectivity index (χ4n) is 4.89. The van der Waals surface area contributed by atoms with Crippen LogP contribution in [0.15, 0.2) is 48.5 Å². The zero-order chi connectivity index (χ0) is 25.3. The monoisotopic (exact) mass is 491 g/mol. The molecule has 0 saturated heterocycles. The standard InChI is InChI=1S/C28H37N5O3/c1-3-21-14-16-22(17-15-21)27(28(35)29-23-10-5-6-11-23)32(18-9-19-36-4-2)26(34)20-33-25-13-8-7-12-24(25)30-31-33/h7-8,12-17,23,27H,3-6,9-11,18-20H2,1-2H3,(H,29,35)/t27-/m1/s1. The average molecular weight is 492 g/mol. The second-order valence-corrected chi connectivity index (χ2v) is 9.36. The van der Waals surface area contributed by atoms with Gasteiger partial charge in [0.1, 0.15) is 18.1 Å². The maximum Gasteiger partial charge on any atom is 0.247 e. The average Bonchev–Trinajstić information content (AvgIpc) is 3.56. The zero-order valence-corrected chi connectivity index (χ0v) is 21.4. The maximum atomic E-state index is 13.8. The molecule has 1 heterocycles. The number of carbonyl (C=O) groups excluding carboxylic acids is 2. The molecule has 1 aliphatic carbocycles. The van der Waals surface area contributed by atoms with Crippen LogP contribution in [0.5, 0.6) is 0 Å². The van der Waals surface area contributed by atoms with Gasteiger partial charge in [-0.1, -0.05) is 61.4 Å². The molecule has 3 aromatic rings. The van der Waals surface area contributed by atoms with E-state index in [1.807, 2.05) is 55.5 Å². The Kier molecular flexibility index (Phi) is 9.06. The van der Waals surface area contributed by atoms with E-state index < -0.39 is 6.04 Å². The third kappa shape index (κ3) is 6.29. The van der Waals surface area contributed by atoms with Crippen molar-refractivity contribution in [1.29, 1.82) is 0 Å². The van der Waals surface area contributed by atoms with Gasteiger partial charge in [-0.3, -0.25) is 9.59 Å². The first-order chi connectivity index (χ1) is 17.6. The van der Waals surface area contributed by atoms with E-state index in [9.17, 15) is 9.59 Å². The second kappa shape index (κ2) is 12.6. The van der Waals surface area contributed by atoms with Crippen LogP contribution in [0.2, 0.25) is 0 Å². The molecule has 8 heteroatoms. The molecule has 2 aromatic carbocycles. The summed E-state index contributed by atoms with van der Waals surface area (Å²) in [7, 11) is 0. The molecular weight excluding hydrogens is 454 g/mol. The summed E-state index contributed by atoms with van der Waals surface area (Å²) in [5.74, 6) is -0.298. The minimum Gasteiger partial charge on any atom is -0.382 e. The summed E-state index contributed by atoms with van der Waals surface area (Å²) in [5.41, 5.74) is 3.53. The lowest BCUT2D eigenvalue weighted by atomic mass is 10.0. The van der Waals surface area contributed by atoms with Crippen molar-refractivity contribution in [2.24, 2.45) is 0 Å². The normalized spacial score (nSPS) is 14.7. The highest BCUT2D eigenvalue weighted by molar-refractivity contribution is 5.89. The minimum atomic E-state index is -0.722. The van der Waals surface area contributed by atoms with Crippen LogP contribution in [0.3, 0.4) is 0 Å². The van der Waals surface area contributed by atoms with Crippen LogP contribution in [0.4, 0.5) is 0 Å². The van der Waals surface area contributed by atoms with Gasteiger partial charge in [-0.25, -0.2) is 4.68 Å². The molecule has 0 aliphatic heterocycles. The molecule has 1 N–H and O–H groups in total. The lowest BCUT2D eigenvalue weighted by Gasteiger charge is -2.32. The number of aromatic nitrogens is 3. The van der Waals surface area contributed by atoms with Gasteiger partial charge in [0.25, 0.3) is 0 Å². The molecule has 1 atom stereocenters. The lowest BCUT2D eigenvalue weighted by Crippen LogP contribution is -2.47. The molecule has 36 heavy (non-hydrogen) atoms. The van der Waals surface area contributed by atoms with E-state index in [0.717, 1.165) is 48.7 Å². The number of nitrogens with one attached hydrogen (secondary N) is 1. The Morgan fingerprint density at radius 3 is 2.58 bits per heavy atom. The summed E-state index contributed by atoms with van der Waals surface area (Å²) in [5, 5.41) is 11.6. The van der Waals surface area contributed by atoms with E-state index >= 15 is 0 Å². The number of ether oxygens (including phenoxy) is 1. The number of fused-ring (bicyclic) bond motifs is 1. The van der Waals surface area contributed by atoms with Gasteiger partial charge in [-0.05, 0) is 55.9 Å². The number of para-hydroxylation sites is 1. The highest BCUT2D eigenvalue weighted by atomic mass is 16.5. The van der Waals surface area contributed by atoms with Crippen LogP contribution in [-0.2, 0) is 27.3 Å². The molecule has 1 fully saturated rings. The van der Waals surface area contributed by atoms with Crippen molar-refractivity contribution < 1.29 is 14.3 Å². The first-order valence-electron chi connectivity index (χ1n) is 13.1. The Balaban J connectivity index is 1.64. The fourth-order valence-corrected chi connectivity index (χ4v) is 4.89. The number of amides is 2. The number of hydrogen-bond donors (Lipinski definition) is 1. The number of carbonyl (C=O) groups is 2. The summed E-state index contributed by atoms with van der Waals surface area (Å²) in [4.78, 5) is 29.2. The summed E-state index contributed by atoms with van der Waals surface area (Å²) < 4.78 is 7.16. The minimum absolute atomic E-state index is 0.00933. The molecule has 2 amide bonds. The summed E-state index contributed by atoms with van der Waals surface area (Å²) in [6.45, 7) is 5.61.